The number of aromatic nitrogens is 2. The fourth-order valence-corrected chi connectivity index (χ4v) is 4.45. The Morgan fingerprint density at radius 2 is 1.77 bits per heavy atom. The van der Waals surface area contributed by atoms with Gasteiger partial charge in [0.1, 0.15) is 11.6 Å². The Kier molecular flexibility index (Phi) is 6.39. The molecule has 0 radical (unpaired) electrons. The molecule has 1 aliphatic carbocycles. The number of halogens is 1. The maximum atomic E-state index is 10.0. The van der Waals surface area contributed by atoms with Crippen LogP contribution in [0.5, 0.6) is 5.75 Å². The summed E-state index contributed by atoms with van der Waals surface area (Å²) in [5.41, 5.74) is 1.88. The van der Waals surface area contributed by atoms with Gasteiger partial charge < -0.3 is 20.6 Å². The lowest BCUT2D eigenvalue weighted by Gasteiger charge is -2.30. The Hall–Kier alpha value is -2.38. The van der Waals surface area contributed by atoms with Crippen molar-refractivity contribution in [1.82, 2.24) is 15.3 Å². The standard InChI is InChI=1S/C23H28BrN5O/c1-29(2)22-19-5-3-4-6-20(19)27-23(28-22)26-18-10-8-17(9-11-18)25-14-15-13-16(24)7-12-21(15)30/h3-7,12-13,17-18,25,30H,8-11,14H2,1-2H3,(H,26,27,28). The molecule has 3 N–H and O–H groups in total. The minimum atomic E-state index is 0.339. The zero-order valence-electron chi connectivity index (χ0n) is 17.4. The average Bonchev–Trinajstić information content (AvgIpc) is 2.74. The number of phenolic OH excluding ortho intramolecular Hbond substituents is 1. The van der Waals surface area contributed by atoms with E-state index in [2.05, 4.69) is 32.6 Å². The van der Waals surface area contributed by atoms with Gasteiger partial charge in [-0.3, -0.25) is 0 Å². The topological polar surface area (TPSA) is 73.3 Å². The molecule has 1 heterocycles. The van der Waals surface area contributed by atoms with Crippen LogP contribution in [0.3, 0.4) is 0 Å². The highest BCUT2D eigenvalue weighted by molar-refractivity contribution is 9.10. The molecule has 1 aliphatic rings. The molecule has 158 valence electrons. The molecule has 30 heavy (non-hydrogen) atoms. The summed E-state index contributed by atoms with van der Waals surface area (Å²) in [6.07, 6.45) is 4.30. The molecule has 1 fully saturated rings. The highest BCUT2D eigenvalue weighted by atomic mass is 79.9. The van der Waals surface area contributed by atoms with Gasteiger partial charge in [0.05, 0.1) is 5.52 Å². The van der Waals surface area contributed by atoms with Crippen LogP contribution in [0.1, 0.15) is 31.2 Å². The van der Waals surface area contributed by atoms with Crippen molar-refractivity contribution in [2.24, 2.45) is 0 Å². The van der Waals surface area contributed by atoms with E-state index in [1.54, 1.807) is 6.07 Å². The molecule has 6 nitrogen and oxygen atoms in total. The predicted octanol–water partition coefficient (Wildman–Crippen LogP) is 4.68. The average molecular weight is 470 g/mol. The largest absolute Gasteiger partial charge is 0.508 e. The second-order valence-corrected chi connectivity index (χ2v) is 9.04. The highest BCUT2D eigenvalue weighted by Gasteiger charge is 2.22. The summed E-state index contributed by atoms with van der Waals surface area (Å²) >= 11 is 3.47. The van der Waals surface area contributed by atoms with E-state index in [0.717, 1.165) is 52.4 Å². The third-order valence-corrected chi connectivity index (χ3v) is 6.18. The Balaban J connectivity index is 1.35. The van der Waals surface area contributed by atoms with E-state index < -0.39 is 0 Å². The van der Waals surface area contributed by atoms with Gasteiger partial charge in [0.25, 0.3) is 0 Å². The predicted molar refractivity (Wildman–Crippen MR) is 126 cm³/mol. The highest BCUT2D eigenvalue weighted by Crippen LogP contribution is 2.27. The van der Waals surface area contributed by atoms with E-state index in [4.69, 9.17) is 9.97 Å². The molecule has 3 aromatic rings. The van der Waals surface area contributed by atoms with E-state index in [1.807, 2.05) is 49.3 Å². The number of para-hydroxylation sites is 1. The minimum absolute atomic E-state index is 0.339. The summed E-state index contributed by atoms with van der Waals surface area (Å²) < 4.78 is 0.984. The van der Waals surface area contributed by atoms with Gasteiger partial charge in [-0.05, 0) is 56.0 Å². The molecule has 1 saturated carbocycles. The summed E-state index contributed by atoms with van der Waals surface area (Å²) in [7, 11) is 4.02. The van der Waals surface area contributed by atoms with Crippen LogP contribution in [0.15, 0.2) is 46.9 Å². The third-order valence-electron chi connectivity index (χ3n) is 5.69. The van der Waals surface area contributed by atoms with Crippen LogP contribution in [-0.2, 0) is 6.54 Å². The normalized spacial score (nSPS) is 19.0. The van der Waals surface area contributed by atoms with Gasteiger partial charge >= 0.3 is 0 Å². The molecule has 0 unspecified atom stereocenters. The number of hydrogen-bond donors (Lipinski definition) is 3. The Labute approximate surface area is 185 Å². The summed E-state index contributed by atoms with van der Waals surface area (Å²) in [4.78, 5) is 11.5. The number of fused-ring (bicyclic) bond motifs is 1. The smallest absolute Gasteiger partial charge is 0.225 e. The lowest BCUT2D eigenvalue weighted by atomic mass is 9.91. The van der Waals surface area contributed by atoms with Gasteiger partial charge in [0.2, 0.25) is 5.95 Å². The lowest BCUT2D eigenvalue weighted by molar-refractivity contribution is 0.350. The Bertz CT molecular complexity index is 1020. The number of aromatic hydroxyl groups is 1. The van der Waals surface area contributed by atoms with Gasteiger partial charge in [-0.25, -0.2) is 4.98 Å². The summed E-state index contributed by atoms with van der Waals surface area (Å²) in [6, 6.07) is 14.5. The van der Waals surface area contributed by atoms with Crippen molar-refractivity contribution in [2.45, 2.75) is 44.3 Å². The summed E-state index contributed by atoms with van der Waals surface area (Å²) in [5.74, 6) is 1.98. The van der Waals surface area contributed by atoms with Crippen molar-refractivity contribution >= 4 is 38.6 Å². The van der Waals surface area contributed by atoms with Crippen molar-refractivity contribution in [2.75, 3.05) is 24.3 Å². The maximum Gasteiger partial charge on any atom is 0.225 e. The van der Waals surface area contributed by atoms with Crippen molar-refractivity contribution in [3.05, 3.63) is 52.5 Å². The van der Waals surface area contributed by atoms with Gasteiger partial charge in [-0.15, -0.1) is 0 Å². The maximum absolute atomic E-state index is 10.0. The molecule has 0 spiro atoms. The number of nitrogens with one attached hydrogen (secondary N) is 2. The van der Waals surface area contributed by atoms with Crippen molar-refractivity contribution in [3.63, 3.8) is 0 Å². The zero-order chi connectivity index (χ0) is 21.1. The number of phenols is 1. The first-order valence-corrected chi connectivity index (χ1v) is 11.2. The van der Waals surface area contributed by atoms with Crippen LogP contribution < -0.4 is 15.5 Å². The molecule has 4 rings (SSSR count). The second-order valence-electron chi connectivity index (χ2n) is 8.13. The summed E-state index contributed by atoms with van der Waals surface area (Å²) in [5, 5.41) is 18.2. The second kappa shape index (κ2) is 9.18. The van der Waals surface area contributed by atoms with E-state index in [-0.39, 0.29) is 0 Å². The molecule has 2 aromatic carbocycles. The van der Waals surface area contributed by atoms with E-state index >= 15 is 0 Å². The van der Waals surface area contributed by atoms with E-state index in [0.29, 0.717) is 30.3 Å². The van der Waals surface area contributed by atoms with Crippen LogP contribution >= 0.6 is 15.9 Å². The third kappa shape index (κ3) is 4.84. The number of benzene rings is 2. The van der Waals surface area contributed by atoms with E-state index in [1.165, 1.54) is 0 Å². The van der Waals surface area contributed by atoms with Gasteiger partial charge in [-0.1, -0.05) is 28.1 Å². The van der Waals surface area contributed by atoms with Crippen molar-refractivity contribution in [1.29, 1.82) is 0 Å². The van der Waals surface area contributed by atoms with Gasteiger partial charge in [0, 0.05) is 48.1 Å². The zero-order valence-corrected chi connectivity index (χ0v) is 19.0. The number of anilines is 2. The Morgan fingerprint density at radius 1 is 1.03 bits per heavy atom. The number of rotatable bonds is 6. The fraction of sp³-hybridized carbons (Fsp3) is 0.391. The van der Waals surface area contributed by atoms with Crippen LogP contribution in [-0.4, -0.2) is 41.3 Å². The molecule has 0 saturated heterocycles. The van der Waals surface area contributed by atoms with Gasteiger partial charge in [0.15, 0.2) is 0 Å². The quantitative estimate of drug-likeness (QED) is 0.486. The number of nitrogens with zero attached hydrogens (tertiary/aromatic N) is 3. The fourth-order valence-electron chi connectivity index (χ4n) is 4.04. The van der Waals surface area contributed by atoms with Crippen molar-refractivity contribution < 1.29 is 5.11 Å². The van der Waals surface area contributed by atoms with Crippen LogP contribution in [0, 0.1) is 0 Å². The first-order valence-electron chi connectivity index (χ1n) is 10.4. The molecule has 0 bridgehead atoms. The van der Waals surface area contributed by atoms with Crippen LogP contribution in [0.25, 0.3) is 10.9 Å². The Morgan fingerprint density at radius 3 is 2.53 bits per heavy atom. The van der Waals surface area contributed by atoms with E-state index in [9.17, 15) is 5.11 Å². The van der Waals surface area contributed by atoms with Crippen molar-refractivity contribution in [3.8, 4) is 5.75 Å². The SMILES string of the molecule is CN(C)c1nc(NC2CCC(NCc3cc(Br)ccc3O)CC2)nc2ccccc12. The molecular formula is C23H28BrN5O. The van der Waals surface area contributed by atoms with Crippen LogP contribution in [0.2, 0.25) is 0 Å². The van der Waals surface area contributed by atoms with Gasteiger partial charge in [-0.2, -0.15) is 4.98 Å². The first-order chi connectivity index (χ1) is 14.5. The molecule has 7 heteroatoms. The van der Waals surface area contributed by atoms with Crippen LogP contribution in [0.4, 0.5) is 11.8 Å². The molecule has 1 aromatic heterocycles. The molecule has 0 atom stereocenters. The first kappa shape index (κ1) is 20.9. The molecular weight excluding hydrogens is 442 g/mol. The minimum Gasteiger partial charge on any atom is -0.508 e. The molecule has 0 amide bonds. The lowest BCUT2D eigenvalue weighted by Crippen LogP contribution is -2.37. The number of hydrogen-bond acceptors (Lipinski definition) is 6. The summed E-state index contributed by atoms with van der Waals surface area (Å²) in [6.45, 7) is 0.675. The monoisotopic (exact) mass is 469 g/mol. The molecule has 0 aliphatic heterocycles.